The molecule has 0 fully saturated rings. The molecule has 3 rings (SSSR count). The first-order chi connectivity index (χ1) is 12.0. The molecule has 2 aromatic carbocycles. The number of carbonyl (C=O) groups excluding carboxylic acids is 2. The number of hydrogen-bond donors (Lipinski definition) is 0. The van der Waals surface area contributed by atoms with Crippen molar-refractivity contribution in [3.05, 3.63) is 59.7 Å². The molecule has 130 valence electrons. The van der Waals surface area contributed by atoms with Gasteiger partial charge in [-0.05, 0) is 56.2 Å². The molecule has 25 heavy (non-hydrogen) atoms. The van der Waals surface area contributed by atoms with Crippen molar-refractivity contribution < 1.29 is 19.1 Å². The van der Waals surface area contributed by atoms with Gasteiger partial charge >= 0.3 is 5.97 Å². The van der Waals surface area contributed by atoms with Gasteiger partial charge in [0.25, 0.3) is 5.91 Å². The average molecular weight is 339 g/mol. The minimum atomic E-state index is -0.627. The van der Waals surface area contributed by atoms with Gasteiger partial charge in [0.1, 0.15) is 5.75 Å². The number of para-hydroxylation sites is 1. The maximum absolute atomic E-state index is 12.9. The van der Waals surface area contributed by atoms with Crippen LogP contribution in [0.5, 0.6) is 5.75 Å². The quantitative estimate of drug-likeness (QED) is 0.803. The summed E-state index contributed by atoms with van der Waals surface area (Å²) in [6.45, 7) is 3.78. The average Bonchev–Trinajstić information content (AvgIpc) is 2.96. The van der Waals surface area contributed by atoms with Crippen LogP contribution in [0.3, 0.4) is 0 Å². The zero-order chi connectivity index (χ0) is 18.0. The molecule has 0 unspecified atom stereocenters. The lowest BCUT2D eigenvalue weighted by Crippen LogP contribution is -2.43. The molecule has 2 aromatic rings. The Kier molecular flexibility index (Phi) is 4.74. The van der Waals surface area contributed by atoms with Crippen molar-refractivity contribution in [2.45, 2.75) is 32.4 Å². The minimum absolute atomic E-state index is 0.0745. The summed E-state index contributed by atoms with van der Waals surface area (Å²) in [5.74, 6) is 0.0568. The van der Waals surface area contributed by atoms with Crippen LogP contribution < -0.4 is 9.64 Å². The van der Waals surface area contributed by atoms with Crippen molar-refractivity contribution in [3.8, 4) is 5.75 Å². The van der Waals surface area contributed by atoms with E-state index in [9.17, 15) is 9.59 Å². The molecular weight excluding hydrogens is 318 g/mol. The van der Waals surface area contributed by atoms with E-state index in [4.69, 9.17) is 4.74 Å². The monoisotopic (exact) mass is 339 g/mol. The number of anilines is 1. The lowest BCUT2D eigenvalue weighted by Gasteiger charge is -2.26. The Labute approximate surface area is 147 Å². The van der Waals surface area contributed by atoms with Crippen LogP contribution in [0.4, 0.5) is 5.69 Å². The van der Waals surface area contributed by atoms with Crippen molar-refractivity contribution in [1.29, 1.82) is 0 Å². The summed E-state index contributed by atoms with van der Waals surface area (Å²) in [5.41, 5.74) is 2.57. The fraction of sp³-hybridized carbons (Fsp3) is 0.300. The first kappa shape index (κ1) is 17.0. The van der Waals surface area contributed by atoms with Gasteiger partial charge in [-0.15, -0.1) is 0 Å². The second kappa shape index (κ2) is 6.97. The van der Waals surface area contributed by atoms with E-state index in [-0.39, 0.29) is 11.9 Å². The van der Waals surface area contributed by atoms with E-state index >= 15 is 0 Å². The third-order valence-corrected chi connectivity index (χ3v) is 4.38. The van der Waals surface area contributed by atoms with E-state index in [0.717, 1.165) is 12.1 Å². The third-order valence-electron chi connectivity index (χ3n) is 4.38. The molecule has 5 heteroatoms. The standard InChI is InChI=1S/C20H21NO4/c1-13-12-16-6-4-5-7-18(16)21(13)19(22)14(2)25-17-10-8-15(9-11-17)20(23)24-3/h4-11,13-14H,12H2,1-3H3/t13-,14+/m0/s1. The minimum Gasteiger partial charge on any atom is -0.481 e. The molecule has 1 amide bonds. The highest BCUT2D eigenvalue weighted by Crippen LogP contribution is 2.32. The molecule has 5 nitrogen and oxygen atoms in total. The number of amides is 1. The lowest BCUT2D eigenvalue weighted by atomic mass is 10.1. The van der Waals surface area contributed by atoms with Crippen molar-refractivity contribution in [2.24, 2.45) is 0 Å². The number of ether oxygens (including phenoxy) is 2. The zero-order valence-electron chi connectivity index (χ0n) is 14.6. The molecule has 0 radical (unpaired) electrons. The Hall–Kier alpha value is -2.82. The normalized spacial score (nSPS) is 16.9. The Morgan fingerprint density at radius 2 is 1.80 bits per heavy atom. The zero-order valence-corrected chi connectivity index (χ0v) is 14.6. The maximum atomic E-state index is 12.9. The van der Waals surface area contributed by atoms with E-state index in [1.807, 2.05) is 30.0 Å². The topological polar surface area (TPSA) is 55.8 Å². The third kappa shape index (κ3) is 3.36. The van der Waals surface area contributed by atoms with Crippen LogP contribution in [0.2, 0.25) is 0 Å². The molecule has 0 bridgehead atoms. The summed E-state index contributed by atoms with van der Waals surface area (Å²) in [4.78, 5) is 26.1. The van der Waals surface area contributed by atoms with Crippen LogP contribution in [0, 0.1) is 0 Å². The van der Waals surface area contributed by atoms with E-state index < -0.39 is 12.1 Å². The summed E-state index contributed by atoms with van der Waals surface area (Å²) >= 11 is 0. The Morgan fingerprint density at radius 3 is 2.48 bits per heavy atom. The highest BCUT2D eigenvalue weighted by atomic mass is 16.5. The van der Waals surface area contributed by atoms with E-state index in [1.165, 1.54) is 12.7 Å². The number of benzene rings is 2. The number of carbonyl (C=O) groups is 2. The number of esters is 1. The first-order valence-corrected chi connectivity index (χ1v) is 8.27. The Morgan fingerprint density at radius 1 is 1.12 bits per heavy atom. The number of methoxy groups -OCH3 is 1. The molecule has 0 saturated heterocycles. The van der Waals surface area contributed by atoms with Crippen LogP contribution in [-0.4, -0.2) is 31.1 Å². The van der Waals surface area contributed by atoms with Crippen LogP contribution in [-0.2, 0) is 16.0 Å². The fourth-order valence-corrected chi connectivity index (χ4v) is 3.14. The second-order valence-electron chi connectivity index (χ2n) is 6.17. The van der Waals surface area contributed by atoms with Crippen molar-refractivity contribution in [1.82, 2.24) is 0 Å². The number of rotatable bonds is 4. The molecule has 1 aliphatic rings. The Bertz CT molecular complexity index is 785. The largest absolute Gasteiger partial charge is 0.481 e. The van der Waals surface area contributed by atoms with Gasteiger partial charge in [0.2, 0.25) is 0 Å². The summed E-state index contributed by atoms with van der Waals surface area (Å²) < 4.78 is 10.4. The summed E-state index contributed by atoms with van der Waals surface area (Å²) in [5, 5.41) is 0. The van der Waals surface area contributed by atoms with Crippen LogP contribution in [0.15, 0.2) is 48.5 Å². The molecule has 1 aliphatic heterocycles. The van der Waals surface area contributed by atoms with Crippen LogP contribution in [0.1, 0.15) is 29.8 Å². The molecule has 0 spiro atoms. The number of nitrogens with zero attached hydrogens (tertiary/aromatic N) is 1. The van der Waals surface area contributed by atoms with Crippen molar-refractivity contribution >= 4 is 17.6 Å². The molecule has 0 aromatic heterocycles. The van der Waals surface area contributed by atoms with E-state index in [2.05, 4.69) is 10.8 Å². The van der Waals surface area contributed by atoms with Crippen molar-refractivity contribution in [3.63, 3.8) is 0 Å². The Balaban J connectivity index is 1.72. The van der Waals surface area contributed by atoms with Gasteiger partial charge in [-0.3, -0.25) is 4.79 Å². The number of hydrogen-bond acceptors (Lipinski definition) is 4. The first-order valence-electron chi connectivity index (χ1n) is 8.27. The van der Waals surface area contributed by atoms with Crippen molar-refractivity contribution in [2.75, 3.05) is 12.0 Å². The summed E-state index contributed by atoms with van der Waals surface area (Å²) in [7, 11) is 1.34. The van der Waals surface area contributed by atoms with Crippen LogP contribution in [0.25, 0.3) is 0 Å². The summed E-state index contributed by atoms with van der Waals surface area (Å²) in [6, 6.07) is 14.6. The van der Waals surface area contributed by atoms with Gasteiger partial charge < -0.3 is 14.4 Å². The predicted molar refractivity (Wildman–Crippen MR) is 95.0 cm³/mol. The molecule has 0 aliphatic carbocycles. The molecule has 0 N–H and O–H groups in total. The highest BCUT2D eigenvalue weighted by Gasteiger charge is 2.33. The van der Waals surface area contributed by atoms with Gasteiger partial charge in [0.15, 0.2) is 6.10 Å². The van der Waals surface area contributed by atoms with Gasteiger partial charge in [0, 0.05) is 11.7 Å². The smallest absolute Gasteiger partial charge is 0.337 e. The van der Waals surface area contributed by atoms with E-state index in [1.54, 1.807) is 31.2 Å². The molecule has 0 saturated carbocycles. The van der Waals surface area contributed by atoms with Gasteiger partial charge in [0.05, 0.1) is 12.7 Å². The molecule has 1 heterocycles. The predicted octanol–water partition coefficient (Wildman–Crippen LogP) is 3.22. The van der Waals surface area contributed by atoms with Gasteiger partial charge in [-0.25, -0.2) is 4.79 Å². The second-order valence-corrected chi connectivity index (χ2v) is 6.17. The van der Waals surface area contributed by atoms with E-state index in [0.29, 0.717) is 11.3 Å². The van der Waals surface area contributed by atoms with Crippen LogP contribution >= 0.6 is 0 Å². The molecule has 2 atom stereocenters. The lowest BCUT2D eigenvalue weighted by molar-refractivity contribution is -0.124. The fourth-order valence-electron chi connectivity index (χ4n) is 3.14. The SMILES string of the molecule is COC(=O)c1ccc(O[C@H](C)C(=O)N2c3ccccc3C[C@@H]2C)cc1. The highest BCUT2D eigenvalue weighted by molar-refractivity contribution is 5.99. The number of fused-ring (bicyclic) bond motifs is 1. The maximum Gasteiger partial charge on any atom is 0.337 e. The van der Waals surface area contributed by atoms with Gasteiger partial charge in [-0.1, -0.05) is 18.2 Å². The summed E-state index contributed by atoms with van der Waals surface area (Å²) in [6.07, 6.45) is 0.222. The van der Waals surface area contributed by atoms with Gasteiger partial charge in [-0.2, -0.15) is 0 Å². The molecular formula is C20H21NO4.